The van der Waals surface area contributed by atoms with Crippen LogP contribution in [0.4, 0.5) is 0 Å². The van der Waals surface area contributed by atoms with Gasteiger partial charge in [-0.15, -0.1) is 11.8 Å². The molecule has 190 valence electrons. The van der Waals surface area contributed by atoms with E-state index in [1.165, 1.54) is 30.9 Å². The SMILES string of the molecule is C[C@]1(C(=O)O)CSC(c2ncc(OCCOCCO[C@@H]3OC(CO)[C@@H](O)C(O)C3O)cc2O)=N1. The second kappa shape index (κ2) is 11.6. The molecule has 0 aromatic carbocycles. The van der Waals surface area contributed by atoms with Gasteiger partial charge in [-0.2, -0.15) is 0 Å². The van der Waals surface area contributed by atoms with Crippen LogP contribution in [0.5, 0.6) is 11.5 Å². The van der Waals surface area contributed by atoms with E-state index in [1.54, 1.807) is 0 Å². The van der Waals surface area contributed by atoms with E-state index >= 15 is 0 Å². The molecule has 2 aliphatic heterocycles. The third kappa shape index (κ3) is 6.14. The van der Waals surface area contributed by atoms with Crippen molar-refractivity contribution in [2.75, 3.05) is 38.8 Å². The molecule has 1 fully saturated rings. The Labute approximate surface area is 199 Å². The highest BCUT2D eigenvalue weighted by molar-refractivity contribution is 8.14. The lowest BCUT2D eigenvalue weighted by atomic mass is 9.99. The fourth-order valence-corrected chi connectivity index (χ4v) is 4.32. The van der Waals surface area contributed by atoms with Gasteiger partial charge in [0.05, 0.1) is 32.6 Å². The van der Waals surface area contributed by atoms with Crippen molar-refractivity contribution >= 4 is 22.8 Å². The van der Waals surface area contributed by atoms with Crippen LogP contribution in [0.1, 0.15) is 12.6 Å². The number of ether oxygens (including phenoxy) is 4. The minimum atomic E-state index is -1.51. The van der Waals surface area contributed by atoms with Gasteiger partial charge in [0.1, 0.15) is 53.3 Å². The van der Waals surface area contributed by atoms with Crippen molar-refractivity contribution < 1.29 is 54.4 Å². The molecule has 1 aromatic heterocycles. The standard InChI is InChI=1S/C20H28N2O11S/c1-20(19(28)29)9-34-17(22-20)13-11(24)6-10(7-21-13)31-4-2-30-3-5-32-18-16(27)15(26)14(25)12(8-23)33-18/h6-7,12,14-16,18,23-27H,2-5,8-9H2,1H3,(H,28,29)/t12?,14-,15?,16?,18-,20-/m1/s1. The van der Waals surface area contributed by atoms with Gasteiger partial charge < -0.3 is 49.6 Å². The number of aromatic nitrogens is 1. The molecule has 0 bridgehead atoms. The lowest BCUT2D eigenvalue weighted by Crippen LogP contribution is -2.59. The molecule has 3 rings (SSSR count). The minimum absolute atomic E-state index is 0.00870. The maximum absolute atomic E-state index is 11.3. The van der Waals surface area contributed by atoms with Crippen LogP contribution in [0.15, 0.2) is 17.3 Å². The number of aliphatic hydroxyl groups is 4. The molecule has 0 saturated carbocycles. The molecule has 1 saturated heterocycles. The van der Waals surface area contributed by atoms with Crippen LogP contribution in [-0.4, -0.2) is 122 Å². The first-order chi connectivity index (χ1) is 16.2. The third-order valence-electron chi connectivity index (χ3n) is 5.20. The van der Waals surface area contributed by atoms with Crippen molar-refractivity contribution in [3.05, 3.63) is 18.0 Å². The fourth-order valence-electron chi connectivity index (χ4n) is 3.16. The number of aromatic hydroxyl groups is 1. The molecule has 6 atom stereocenters. The van der Waals surface area contributed by atoms with Crippen LogP contribution < -0.4 is 4.74 Å². The van der Waals surface area contributed by atoms with Crippen molar-refractivity contribution in [2.24, 2.45) is 4.99 Å². The Hall–Kier alpha value is -2.04. The van der Waals surface area contributed by atoms with E-state index in [-0.39, 0.29) is 49.4 Å². The van der Waals surface area contributed by atoms with Crippen molar-refractivity contribution in [2.45, 2.75) is 43.2 Å². The van der Waals surface area contributed by atoms with Crippen LogP contribution in [0.25, 0.3) is 0 Å². The van der Waals surface area contributed by atoms with E-state index in [0.717, 1.165) is 0 Å². The fraction of sp³-hybridized carbons (Fsp3) is 0.650. The van der Waals surface area contributed by atoms with Crippen molar-refractivity contribution in [3.63, 3.8) is 0 Å². The number of aliphatic imine (C=N–C) groups is 1. The highest BCUT2D eigenvalue weighted by Crippen LogP contribution is 2.34. The van der Waals surface area contributed by atoms with E-state index in [2.05, 4.69) is 9.98 Å². The number of carboxylic acids is 1. The first-order valence-corrected chi connectivity index (χ1v) is 11.4. The molecule has 0 spiro atoms. The third-order valence-corrected chi connectivity index (χ3v) is 6.46. The average molecular weight is 505 g/mol. The number of nitrogens with zero attached hydrogens (tertiary/aromatic N) is 2. The molecule has 3 unspecified atom stereocenters. The summed E-state index contributed by atoms with van der Waals surface area (Å²) in [6.45, 7) is 1.37. The van der Waals surface area contributed by atoms with Gasteiger partial charge in [-0.05, 0) is 6.92 Å². The van der Waals surface area contributed by atoms with Gasteiger partial charge in [-0.1, -0.05) is 0 Å². The monoisotopic (exact) mass is 504 g/mol. The molecule has 2 aliphatic rings. The Balaban J connectivity index is 1.37. The first-order valence-electron chi connectivity index (χ1n) is 10.4. The average Bonchev–Trinajstić information content (AvgIpc) is 3.21. The van der Waals surface area contributed by atoms with E-state index in [1.807, 2.05) is 0 Å². The number of pyridine rings is 1. The van der Waals surface area contributed by atoms with Crippen LogP contribution in [0, 0.1) is 0 Å². The summed E-state index contributed by atoms with van der Waals surface area (Å²) in [6, 6.07) is 1.35. The van der Waals surface area contributed by atoms with Crippen LogP contribution in [-0.2, 0) is 19.0 Å². The Kier molecular flexibility index (Phi) is 9.06. The molecule has 0 radical (unpaired) electrons. The summed E-state index contributed by atoms with van der Waals surface area (Å²) in [5, 5.41) is 58.3. The summed E-state index contributed by atoms with van der Waals surface area (Å²) < 4.78 is 21.3. The normalized spacial score (nSPS) is 31.3. The number of carbonyl (C=O) groups is 1. The van der Waals surface area contributed by atoms with Gasteiger partial charge in [0.2, 0.25) is 0 Å². The molecule has 13 nitrogen and oxygen atoms in total. The molecule has 0 amide bonds. The zero-order chi connectivity index (χ0) is 24.9. The number of hydrogen-bond acceptors (Lipinski definition) is 13. The summed E-state index contributed by atoms with van der Waals surface area (Å²) in [5.74, 6) is -0.707. The molecule has 0 aliphatic carbocycles. The Morgan fingerprint density at radius 2 is 1.94 bits per heavy atom. The molecule has 6 N–H and O–H groups in total. The van der Waals surface area contributed by atoms with E-state index in [4.69, 9.17) is 24.1 Å². The minimum Gasteiger partial charge on any atom is -0.505 e. The van der Waals surface area contributed by atoms with Crippen LogP contribution >= 0.6 is 11.8 Å². The highest BCUT2D eigenvalue weighted by Gasteiger charge is 2.44. The summed E-state index contributed by atoms with van der Waals surface area (Å²) >= 11 is 1.20. The quantitative estimate of drug-likeness (QED) is 0.187. The van der Waals surface area contributed by atoms with E-state index in [0.29, 0.717) is 5.04 Å². The molecular weight excluding hydrogens is 476 g/mol. The Morgan fingerprint density at radius 3 is 2.59 bits per heavy atom. The molecule has 14 heteroatoms. The molecule has 1 aromatic rings. The number of rotatable bonds is 11. The summed E-state index contributed by atoms with van der Waals surface area (Å²) in [6.07, 6.45) is -5.32. The zero-order valence-corrected chi connectivity index (χ0v) is 19.1. The van der Waals surface area contributed by atoms with Gasteiger partial charge in [-0.25, -0.2) is 9.78 Å². The first kappa shape index (κ1) is 26.6. The molecular formula is C20H28N2O11S. The maximum Gasteiger partial charge on any atom is 0.332 e. The van der Waals surface area contributed by atoms with Gasteiger partial charge in [0.25, 0.3) is 0 Å². The smallest absolute Gasteiger partial charge is 0.332 e. The lowest BCUT2D eigenvalue weighted by Gasteiger charge is -2.39. The molecule has 34 heavy (non-hydrogen) atoms. The van der Waals surface area contributed by atoms with Crippen molar-refractivity contribution in [1.29, 1.82) is 0 Å². The van der Waals surface area contributed by atoms with Gasteiger partial charge >= 0.3 is 5.97 Å². The lowest BCUT2D eigenvalue weighted by molar-refractivity contribution is -0.302. The number of hydrogen-bond donors (Lipinski definition) is 6. The summed E-state index contributed by atoms with van der Waals surface area (Å²) in [7, 11) is 0. The van der Waals surface area contributed by atoms with Gasteiger partial charge in [0, 0.05) is 11.8 Å². The Morgan fingerprint density at radius 1 is 1.21 bits per heavy atom. The highest BCUT2D eigenvalue weighted by atomic mass is 32.2. The summed E-state index contributed by atoms with van der Waals surface area (Å²) in [4.78, 5) is 19.6. The van der Waals surface area contributed by atoms with E-state index < -0.39 is 48.8 Å². The van der Waals surface area contributed by atoms with E-state index in [9.17, 15) is 30.3 Å². The predicted octanol–water partition coefficient (Wildman–Crippen LogP) is -1.66. The van der Waals surface area contributed by atoms with Crippen LogP contribution in [0.2, 0.25) is 0 Å². The number of thioether (sulfide) groups is 1. The maximum atomic E-state index is 11.3. The number of aliphatic hydroxyl groups excluding tert-OH is 4. The Bertz CT molecular complexity index is 886. The van der Waals surface area contributed by atoms with Crippen molar-refractivity contribution in [3.8, 4) is 11.5 Å². The predicted molar refractivity (Wildman–Crippen MR) is 117 cm³/mol. The van der Waals surface area contributed by atoms with Crippen molar-refractivity contribution in [1.82, 2.24) is 4.98 Å². The molecule has 3 heterocycles. The second-order valence-electron chi connectivity index (χ2n) is 7.85. The largest absolute Gasteiger partial charge is 0.505 e. The second-order valence-corrected chi connectivity index (χ2v) is 8.82. The number of carboxylic acid groups (broad SMARTS) is 1. The topological polar surface area (TPSA) is 201 Å². The van der Waals surface area contributed by atoms with Gasteiger partial charge in [0.15, 0.2) is 11.8 Å². The van der Waals surface area contributed by atoms with Gasteiger partial charge in [-0.3, -0.25) is 4.99 Å². The van der Waals surface area contributed by atoms with Crippen LogP contribution in [0.3, 0.4) is 0 Å². The zero-order valence-electron chi connectivity index (χ0n) is 18.3. The summed E-state index contributed by atoms with van der Waals surface area (Å²) in [5.41, 5.74) is -1.07. The number of aliphatic carboxylic acids is 1.